The Kier molecular flexibility index (Phi) is 7.84. The summed E-state index contributed by atoms with van der Waals surface area (Å²) in [6.45, 7) is 0.393. The Labute approximate surface area is 190 Å². The summed E-state index contributed by atoms with van der Waals surface area (Å²) in [7, 11) is -3.43. The Bertz CT molecular complexity index is 1040. The lowest BCUT2D eigenvalue weighted by Gasteiger charge is -2.30. The summed E-state index contributed by atoms with van der Waals surface area (Å²) in [6, 6.07) is 12.4. The molecule has 2 aromatic rings. The highest BCUT2D eigenvalue weighted by Crippen LogP contribution is 2.34. The third-order valence-electron chi connectivity index (χ3n) is 5.48. The molecule has 0 saturated carbocycles. The number of halogens is 4. The van der Waals surface area contributed by atoms with Crippen molar-refractivity contribution in [3.8, 4) is 0 Å². The normalized spacial score (nSPS) is 16.1. The number of rotatable bonds is 7. The number of benzene rings is 2. The van der Waals surface area contributed by atoms with Gasteiger partial charge in [-0.1, -0.05) is 41.9 Å². The van der Waals surface area contributed by atoms with Crippen LogP contribution < -0.4 is 5.32 Å². The van der Waals surface area contributed by atoms with Crippen LogP contribution in [-0.4, -0.2) is 37.5 Å². The van der Waals surface area contributed by atoms with Crippen LogP contribution in [0.25, 0.3) is 0 Å². The molecule has 0 radical (unpaired) electrons. The molecule has 0 atom stereocenters. The maximum atomic E-state index is 12.9. The zero-order valence-corrected chi connectivity index (χ0v) is 18.8. The van der Waals surface area contributed by atoms with Crippen molar-refractivity contribution in [2.75, 3.05) is 24.2 Å². The molecule has 1 N–H and O–H groups in total. The molecular formula is C22H24ClF3N2O3S. The lowest BCUT2D eigenvalue weighted by molar-refractivity contribution is -0.137. The predicted octanol–water partition coefficient (Wildman–Crippen LogP) is 4.97. The van der Waals surface area contributed by atoms with Gasteiger partial charge in [0.05, 0.1) is 22.0 Å². The smallest absolute Gasteiger partial charge is 0.325 e. The van der Waals surface area contributed by atoms with Gasteiger partial charge in [-0.15, -0.1) is 0 Å². The summed E-state index contributed by atoms with van der Waals surface area (Å²) in [5.74, 6) is -0.942. The number of amides is 1. The highest BCUT2D eigenvalue weighted by atomic mass is 35.5. The minimum atomic E-state index is -4.55. The number of hydrogen-bond acceptors (Lipinski definition) is 3. The topological polar surface area (TPSA) is 66.5 Å². The van der Waals surface area contributed by atoms with Crippen LogP contribution in [-0.2, 0) is 27.4 Å². The van der Waals surface area contributed by atoms with Crippen LogP contribution in [0, 0.1) is 5.92 Å². The Morgan fingerprint density at radius 1 is 1.09 bits per heavy atom. The van der Waals surface area contributed by atoms with Crippen molar-refractivity contribution in [2.45, 2.75) is 31.9 Å². The molecule has 1 aliphatic heterocycles. The van der Waals surface area contributed by atoms with Crippen molar-refractivity contribution in [3.63, 3.8) is 0 Å². The first kappa shape index (κ1) is 24.5. The van der Waals surface area contributed by atoms with E-state index in [1.807, 2.05) is 30.3 Å². The first-order valence-electron chi connectivity index (χ1n) is 10.3. The molecule has 1 heterocycles. The van der Waals surface area contributed by atoms with Crippen molar-refractivity contribution < 1.29 is 26.4 Å². The van der Waals surface area contributed by atoms with E-state index >= 15 is 0 Å². The van der Waals surface area contributed by atoms with Gasteiger partial charge >= 0.3 is 6.18 Å². The predicted molar refractivity (Wildman–Crippen MR) is 118 cm³/mol. The SMILES string of the molecule is O=C(Nc1cc(C(F)(F)F)ccc1Cl)C1CCN(S(=O)(=O)CCCc2ccccc2)CC1. The fraction of sp³-hybridized carbons (Fsp3) is 0.409. The summed E-state index contributed by atoms with van der Waals surface area (Å²) in [6.07, 6.45) is -2.80. The molecular weight excluding hydrogens is 465 g/mol. The van der Waals surface area contributed by atoms with Crippen LogP contribution >= 0.6 is 11.6 Å². The number of piperidine rings is 1. The van der Waals surface area contributed by atoms with Crippen molar-refractivity contribution in [1.82, 2.24) is 4.31 Å². The number of carbonyl (C=O) groups is 1. The number of nitrogens with zero attached hydrogens (tertiary/aromatic N) is 1. The lowest BCUT2D eigenvalue weighted by atomic mass is 9.97. The monoisotopic (exact) mass is 488 g/mol. The molecule has 10 heteroatoms. The van der Waals surface area contributed by atoms with Crippen LogP contribution in [0.4, 0.5) is 18.9 Å². The van der Waals surface area contributed by atoms with Gasteiger partial charge in [0.25, 0.3) is 0 Å². The number of anilines is 1. The first-order valence-corrected chi connectivity index (χ1v) is 12.2. The summed E-state index contributed by atoms with van der Waals surface area (Å²) in [5, 5.41) is 2.46. The molecule has 3 rings (SSSR count). The van der Waals surface area contributed by atoms with Gasteiger partial charge in [-0.25, -0.2) is 12.7 Å². The molecule has 0 aromatic heterocycles. The maximum absolute atomic E-state index is 12.9. The van der Waals surface area contributed by atoms with Gasteiger partial charge in [-0.2, -0.15) is 13.2 Å². The second-order valence-electron chi connectivity index (χ2n) is 7.76. The average Bonchev–Trinajstić information content (AvgIpc) is 2.75. The summed E-state index contributed by atoms with van der Waals surface area (Å²) < 4.78 is 65.4. The zero-order chi connectivity index (χ0) is 23.4. The summed E-state index contributed by atoms with van der Waals surface area (Å²) >= 11 is 5.94. The molecule has 174 valence electrons. The number of sulfonamides is 1. The van der Waals surface area contributed by atoms with E-state index in [1.165, 1.54) is 4.31 Å². The molecule has 0 spiro atoms. The van der Waals surface area contributed by atoms with Gasteiger partial charge in [-0.3, -0.25) is 4.79 Å². The molecule has 1 fully saturated rings. The van der Waals surface area contributed by atoms with Gasteiger partial charge in [0.1, 0.15) is 0 Å². The third kappa shape index (κ3) is 6.46. The van der Waals surface area contributed by atoms with Crippen molar-refractivity contribution in [1.29, 1.82) is 0 Å². The highest BCUT2D eigenvalue weighted by molar-refractivity contribution is 7.89. The number of aryl methyl sites for hydroxylation is 1. The van der Waals surface area contributed by atoms with E-state index in [4.69, 9.17) is 11.6 Å². The average molecular weight is 489 g/mol. The van der Waals surface area contributed by atoms with Gasteiger partial charge in [-0.05, 0) is 49.4 Å². The van der Waals surface area contributed by atoms with Crippen LogP contribution in [0.15, 0.2) is 48.5 Å². The van der Waals surface area contributed by atoms with Crippen molar-refractivity contribution >= 4 is 33.2 Å². The van der Waals surface area contributed by atoms with Gasteiger partial charge in [0.2, 0.25) is 15.9 Å². The van der Waals surface area contributed by atoms with Crippen molar-refractivity contribution in [2.24, 2.45) is 5.92 Å². The van der Waals surface area contributed by atoms with Crippen LogP contribution in [0.2, 0.25) is 5.02 Å². The molecule has 1 saturated heterocycles. The molecule has 2 aromatic carbocycles. The lowest BCUT2D eigenvalue weighted by Crippen LogP contribution is -2.42. The largest absolute Gasteiger partial charge is 0.416 e. The summed E-state index contributed by atoms with van der Waals surface area (Å²) in [5.41, 5.74) is 0.0578. The summed E-state index contributed by atoms with van der Waals surface area (Å²) in [4.78, 5) is 12.5. The van der Waals surface area contributed by atoms with E-state index in [-0.39, 0.29) is 29.6 Å². The molecule has 0 aliphatic carbocycles. The minimum Gasteiger partial charge on any atom is -0.325 e. The second kappa shape index (κ2) is 10.2. The standard InChI is InChI=1S/C22H24ClF3N2O3S/c23-19-9-8-18(22(24,25)26)15-20(19)27-21(29)17-10-12-28(13-11-17)32(30,31)14-4-7-16-5-2-1-3-6-16/h1-3,5-6,8-9,15,17H,4,7,10-14H2,(H,27,29). The van der Waals surface area contributed by atoms with E-state index in [9.17, 15) is 26.4 Å². The number of carbonyl (C=O) groups excluding carboxylic acids is 1. The number of hydrogen-bond donors (Lipinski definition) is 1. The van der Waals surface area contributed by atoms with E-state index in [2.05, 4.69) is 5.32 Å². The minimum absolute atomic E-state index is 0.00443. The van der Waals surface area contributed by atoms with E-state index in [0.717, 1.165) is 23.8 Å². The second-order valence-corrected chi connectivity index (χ2v) is 10.3. The van der Waals surface area contributed by atoms with E-state index < -0.39 is 33.6 Å². The molecule has 1 aliphatic rings. The van der Waals surface area contributed by atoms with E-state index in [1.54, 1.807) is 0 Å². The Hall–Kier alpha value is -2.10. The Morgan fingerprint density at radius 2 is 1.75 bits per heavy atom. The van der Waals surface area contributed by atoms with Crippen LogP contribution in [0.3, 0.4) is 0 Å². The fourth-order valence-electron chi connectivity index (χ4n) is 3.66. The maximum Gasteiger partial charge on any atom is 0.416 e. The molecule has 0 bridgehead atoms. The number of alkyl halides is 3. The first-order chi connectivity index (χ1) is 15.1. The quantitative estimate of drug-likeness (QED) is 0.598. The van der Waals surface area contributed by atoms with Crippen LogP contribution in [0.5, 0.6) is 0 Å². The number of nitrogens with one attached hydrogen (secondary N) is 1. The third-order valence-corrected chi connectivity index (χ3v) is 7.77. The van der Waals surface area contributed by atoms with Gasteiger partial charge in [0.15, 0.2) is 0 Å². The molecule has 5 nitrogen and oxygen atoms in total. The van der Waals surface area contributed by atoms with Gasteiger partial charge < -0.3 is 5.32 Å². The zero-order valence-electron chi connectivity index (χ0n) is 17.2. The van der Waals surface area contributed by atoms with Crippen LogP contribution in [0.1, 0.15) is 30.4 Å². The van der Waals surface area contributed by atoms with Gasteiger partial charge in [0, 0.05) is 19.0 Å². The molecule has 0 unspecified atom stereocenters. The fourth-order valence-corrected chi connectivity index (χ4v) is 5.36. The van der Waals surface area contributed by atoms with E-state index in [0.29, 0.717) is 25.7 Å². The Balaban J connectivity index is 1.52. The Morgan fingerprint density at radius 3 is 2.38 bits per heavy atom. The molecule has 32 heavy (non-hydrogen) atoms. The van der Waals surface area contributed by atoms with Crippen molar-refractivity contribution in [3.05, 3.63) is 64.7 Å². The highest BCUT2D eigenvalue weighted by Gasteiger charge is 2.33. The molecule has 1 amide bonds.